The minimum atomic E-state index is 0.719. The van der Waals surface area contributed by atoms with E-state index in [0.717, 1.165) is 45.8 Å². The van der Waals surface area contributed by atoms with Crippen LogP contribution in [0, 0.1) is 13.8 Å². The number of aromatic nitrogens is 4. The third kappa shape index (κ3) is 4.29. The van der Waals surface area contributed by atoms with Crippen molar-refractivity contribution >= 4 is 23.3 Å². The lowest BCUT2D eigenvalue weighted by Gasteiger charge is -2.09. The maximum absolute atomic E-state index is 4.67. The molecule has 4 aromatic heterocycles. The molecule has 4 rings (SSSR count). The number of hydrogen-bond acceptors (Lipinski definition) is 6. The number of pyridine rings is 4. The zero-order valence-corrected chi connectivity index (χ0v) is 15.7. The highest BCUT2D eigenvalue weighted by molar-refractivity contribution is 5.63. The molecule has 0 saturated carbocycles. The van der Waals surface area contributed by atoms with Crippen LogP contribution in [-0.2, 0) is 0 Å². The van der Waals surface area contributed by atoms with Crippen molar-refractivity contribution in [3.05, 3.63) is 84.2 Å². The van der Waals surface area contributed by atoms with Gasteiger partial charge in [0.25, 0.3) is 0 Å². The number of anilines is 4. The molecule has 0 radical (unpaired) electrons. The molecule has 0 amide bonds. The van der Waals surface area contributed by atoms with Crippen LogP contribution in [0.5, 0.6) is 0 Å². The van der Waals surface area contributed by atoms with Gasteiger partial charge in [-0.25, -0.2) is 19.9 Å². The topological polar surface area (TPSA) is 75.6 Å². The van der Waals surface area contributed by atoms with E-state index in [1.54, 1.807) is 12.4 Å². The van der Waals surface area contributed by atoms with Gasteiger partial charge in [-0.15, -0.1) is 0 Å². The Kier molecular flexibility index (Phi) is 4.93. The van der Waals surface area contributed by atoms with Crippen LogP contribution in [0.25, 0.3) is 11.4 Å². The van der Waals surface area contributed by atoms with Crippen LogP contribution in [0.2, 0.25) is 0 Å². The molecule has 4 aromatic rings. The molecular formula is C22H20N6. The molecule has 0 aliphatic rings. The van der Waals surface area contributed by atoms with Gasteiger partial charge in [-0.3, -0.25) is 0 Å². The van der Waals surface area contributed by atoms with Gasteiger partial charge >= 0.3 is 0 Å². The van der Waals surface area contributed by atoms with Crippen molar-refractivity contribution in [3.63, 3.8) is 0 Å². The lowest BCUT2D eigenvalue weighted by Crippen LogP contribution is -1.99. The van der Waals surface area contributed by atoms with Crippen LogP contribution in [0.4, 0.5) is 23.3 Å². The maximum atomic E-state index is 4.67. The van der Waals surface area contributed by atoms with E-state index >= 15 is 0 Å². The monoisotopic (exact) mass is 368 g/mol. The van der Waals surface area contributed by atoms with E-state index in [2.05, 4.69) is 30.6 Å². The van der Waals surface area contributed by atoms with Crippen molar-refractivity contribution in [2.24, 2.45) is 0 Å². The molecule has 0 unspecified atom stereocenters. The lowest BCUT2D eigenvalue weighted by atomic mass is 10.2. The molecule has 6 nitrogen and oxygen atoms in total. The minimum absolute atomic E-state index is 0.719. The first-order chi connectivity index (χ1) is 13.7. The summed E-state index contributed by atoms with van der Waals surface area (Å²) in [6.45, 7) is 4.06. The van der Waals surface area contributed by atoms with Crippen molar-refractivity contribution in [1.29, 1.82) is 0 Å². The Morgan fingerprint density at radius 2 is 1.04 bits per heavy atom. The zero-order chi connectivity index (χ0) is 19.3. The Morgan fingerprint density at radius 3 is 1.46 bits per heavy atom. The van der Waals surface area contributed by atoms with Gasteiger partial charge < -0.3 is 10.6 Å². The Morgan fingerprint density at radius 1 is 0.571 bits per heavy atom. The molecule has 0 saturated heterocycles. The van der Waals surface area contributed by atoms with Crippen molar-refractivity contribution in [1.82, 2.24) is 19.9 Å². The fourth-order valence-electron chi connectivity index (χ4n) is 2.77. The molecule has 0 fully saturated rings. The Labute approximate surface area is 163 Å². The summed E-state index contributed by atoms with van der Waals surface area (Å²) in [5.74, 6) is 2.96. The molecule has 0 aliphatic heterocycles. The largest absolute Gasteiger partial charge is 0.325 e. The first kappa shape index (κ1) is 17.6. The summed E-state index contributed by atoms with van der Waals surface area (Å²) in [7, 11) is 0. The second kappa shape index (κ2) is 7.84. The molecule has 0 atom stereocenters. The van der Waals surface area contributed by atoms with E-state index < -0.39 is 0 Å². The van der Waals surface area contributed by atoms with E-state index in [1.807, 2.05) is 74.5 Å². The Hall–Kier alpha value is -3.80. The quantitative estimate of drug-likeness (QED) is 0.514. The van der Waals surface area contributed by atoms with Crippen molar-refractivity contribution in [2.75, 3.05) is 10.6 Å². The number of aryl methyl sites for hydroxylation is 2. The highest BCUT2D eigenvalue weighted by atomic mass is 15.1. The van der Waals surface area contributed by atoms with Crippen LogP contribution in [0.3, 0.4) is 0 Å². The molecular weight excluding hydrogens is 348 g/mol. The minimum Gasteiger partial charge on any atom is -0.325 e. The van der Waals surface area contributed by atoms with Crippen LogP contribution >= 0.6 is 0 Å². The number of nitrogens with one attached hydrogen (secondary N) is 2. The molecule has 138 valence electrons. The SMILES string of the molecule is Cc1ccnc(Nc2cccc(-c3cccc(Nc4cc(C)ccn4)n3)n2)c1. The van der Waals surface area contributed by atoms with Gasteiger partial charge in [-0.05, 0) is 73.5 Å². The van der Waals surface area contributed by atoms with Crippen LogP contribution in [0.15, 0.2) is 73.1 Å². The first-order valence-corrected chi connectivity index (χ1v) is 8.99. The lowest BCUT2D eigenvalue weighted by molar-refractivity contribution is 1.20. The first-order valence-electron chi connectivity index (χ1n) is 8.99. The third-order valence-electron chi connectivity index (χ3n) is 4.10. The molecule has 28 heavy (non-hydrogen) atoms. The van der Waals surface area contributed by atoms with E-state index in [-0.39, 0.29) is 0 Å². The van der Waals surface area contributed by atoms with E-state index in [9.17, 15) is 0 Å². The fraction of sp³-hybridized carbons (Fsp3) is 0.0909. The van der Waals surface area contributed by atoms with E-state index in [4.69, 9.17) is 0 Å². The van der Waals surface area contributed by atoms with Gasteiger partial charge in [-0.2, -0.15) is 0 Å². The predicted octanol–water partition coefficient (Wildman–Crippen LogP) is 5.04. The molecule has 6 heteroatoms. The summed E-state index contributed by atoms with van der Waals surface area (Å²) in [5, 5.41) is 6.48. The number of hydrogen-bond donors (Lipinski definition) is 2. The second-order valence-electron chi connectivity index (χ2n) is 6.50. The third-order valence-corrected chi connectivity index (χ3v) is 4.10. The number of nitrogens with zero attached hydrogens (tertiary/aromatic N) is 4. The zero-order valence-electron chi connectivity index (χ0n) is 15.7. The van der Waals surface area contributed by atoms with E-state index in [0.29, 0.717) is 0 Å². The summed E-state index contributed by atoms with van der Waals surface area (Å²) in [6, 6.07) is 19.5. The van der Waals surface area contributed by atoms with E-state index in [1.165, 1.54) is 0 Å². The van der Waals surface area contributed by atoms with Crippen molar-refractivity contribution in [2.45, 2.75) is 13.8 Å². The number of rotatable bonds is 5. The van der Waals surface area contributed by atoms with Gasteiger partial charge in [0.1, 0.15) is 23.3 Å². The van der Waals surface area contributed by atoms with Gasteiger partial charge in [0.15, 0.2) is 0 Å². The van der Waals surface area contributed by atoms with Crippen molar-refractivity contribution in [3.8, 4) is 11.4 Å². The predicted molar refractivity (Wildman–Crippen MR) is 112 cm³/mol. The van der Waals surface area contributed by atoms with Crippen LogP contribution in [0.1, 0.15) is 11.1 Å². The molecule has 0 aliphatic carbocycles. The summed E-state index contributed by atoms with van der Waals surface area (Å²) in [4.78, 5) is 18.0. The molecule has 0 aromatic carbocycles. The summed E-state index contributed by atoms with van der Waals surface area (Å²) < 4.78 is 0. The highest BCUT2D eigenvalue weighted by Crippen LogP contribution is 2.22. The normalized spacial score (nSPS) is 10.5. The van der Waals surface area contributed by atoms with Gasteiger partial charge in [0.2, 0.25) is 0 Å². The maximum Gasteiger partial charge on any atom is 0.132 e. The summed E-state index contributed by atoms with van der Waals surface area (Å²) in [5.41, 5.74) is 3.83. The smallest absolute Gasteiger partial charge is 0.132 e. The van der Waals surface area contributed by atoms with Gasteiger partial charge in [0, 0.05) is 12.4 Å². The fourth-order valence-corrected chi connectivity index (χ4v) is 2.77. The van der Waals surface area contributed by atoms with Crippen LogP contribution in [-0.4, -0.2) is 19.9 Å². The standard InChI is InChI=1S/C22H20N6/c1-15-9-11-23-21(13-15)27-19-7-3-5-17(25-19)18-6-4-8-20(26-18)28-22-14-16(2)10-12-24-22/h3-14H,1-2H3,(H,23,25,27)(H,24,26,28). The Balaban J connectivity index is 1.57. The molecule has 2 N–H and O–H groups in total. The van der Waals surface area contributed by atoms with Gasteiger partial charge in [0.05, 0.1) is 11.4 Å². The average Bonchev–Trinajstić information content (AvgIpc) is 2.68. The van der Waals surface area contributed by atoms with Gasteiger partial charge in [-0.1, -0.05) is 12.1 Å². The second-order valence-corrected chi connectivity index (χ2v) is 6.50. The average molecular weight is 368 g/mol. The molecule has 0 bridgehead atoms. The molecule has 4 heterocycles. The Bertz CT molecular complexity index is 1020. The molecule has 0 spiro atoms. The summed E-state index contributed by atoms with van der Waals surface area (Å²) >= 11 is 0. The summed E-state index contributed by atoms with van der Waals surface area (Å²) in [6.07, 6.45) is 3.55. The highest BCUT2D eigenvalue weighted by Gasteiger charge is 2.06. The van der Waals surface area contributed by atoms with Crippen LogP contribution < -0.4 is 10.6 Å². The van der Waals surface area contributed by atoms with Crippen molar-refractivity contribution < 1.29 is 0 Å².